The number of carbonyl (C=O) groups excluding carboxylic acids is 1. The molecule has 3 unspecified atom stereocenters. The minimum Gasteiger partial charge on any atom is -0.481 e. The molecule has 0 aromatic heterocycles. The van der Waals surface area contributed by atoms with Gasteiger partial charge in [-0.3, -0.25) is 9.59 Å². The number of hydrogen-bond acceptors (Lipinski definition) is 3. The van der Waals surface area contributed by atoms with Crippen LogP contribution in [0.15, 0.2) is 0 Å². The molecule has 19 heavy (non-hydrogen) atoms. The van der Waals surface area contributed by atoms with Gasteiger partial charge in [0.1, 0.15) is 0 Å². The summed E-state index contributed by atoms with van der Waals surface area (Å²) in [7, 11) is 0. The molecule has 0 aliphatic heterocycles. The second kappa shape index (κ2) is 6.89. The number of amides is 1. The molecule has 5 heteroatoms. The summed E-state index contributed by atoms with van der Waals surface area (Å²) in [5, 5.41) is 11.5. The minimum absolute atomic E-state index is 0.0822. The van der Waals surface area contributed by atoms with E-state index in [1.165, 1.54) is 0 Å². The van der Waals surface area contributed by atoms with Gasteiger partial charge in [-0.2, -0.15) is 0 Å². The van der Waals surface area contributed by atoms with Crippen LogP contribution in [0.4, 0.5) is 0 Å². The maximum absolute atomic E-state index is 12.2. The van der Waals surface area contributed by atoms with Crippen LogP contribution in [0.2, 0.25) is 0 Å². The number of hydrogen-bond donors (Lipinski definition) is 3. The third-order valence-electron chi connectivity index (χ3n) is 3.95. The van der Waals surface area contributed by atoms with Gasteiger partial charge in [-0.15, -0.1) is 0 Å². The standard InChI is InChI=1S/C14H26N2O3/c1-10-4-3-7-14(15,8-10)13(19)16-9-11(2)5-6-12(17)18/h10-11H,3-9,15H2,1-2H3,(H,16,19)(H,17,18). The Hall–Kier alpha value is -1.10. The van der Waals surface area contributed by atoms with Crippen molar-refractivity contribution in [2.24, 2.45) is 17.6 Å². The van der Waals surface area contributed by atoms with E-state index in [2.05, 4.69) is 12.2 Å². The topological polar surface area (TPSA) is 92.4 Å². The first-order chi connectivity index (χ1) is 8.83. The largest absolute Gasteiger partial charge is 0.481 e. The van der Waals surface area contributed by atoms with E-state index in [0.717, 1.165) is 25.7 Å². The molecular weight excluding hydrogens is 244 g/mol. The molecule has 110 valence electrons. The summed E-state index contributed by atoms with van der Waals surface area (Å²) in [4.78, 5) is 22.6. The van der Waals surface area contributed by atoms with E-state index in [1.54, 1.807) is 0 Å². The molecule has 1 saturated carbocycles. The lowest BCUT2D eigenvalue weighted by Gasteiger charge is -2.35. The van der Waals surface area contributed by atoms with E-state index in [1.807, 2.05) is 6.92 Å². The third kappa shape index (κ3) is 5.19. The molecule has 5 nitrogen and oxygen atoms in total. The number of nitrogens with one attached hydrogen (secondary N) is 1. The molecule has 1 fully saturated rings. The number of rotatable bonds is 6. The van der Waals surface area contributed by atoms with Gasteiger partial charge in [0.2, 0.25) is 5.91 Å². The van der Waals surface area contributed by atoms with E-state index >= 15 is 0 Å². The van der Waals surface area contributed by atoms with Crippen molar-refractivity contribution in [1.29, 1.82) is 0 Å². The Kier molecular flexibility index (Phi) is 5.79. The van der Waals surface area contributed by atoms with Gasteiger partial charge in [-0.05, 0) is 31.1 Å². The Bertz CT molecular complexity index is 333. The zero-order valence-electron chi connectivity index (χ0n) is 11.9. The predicted molar refractivity (Wildman–Crippen MR) is 73.6 cm³/mol. The van der Waals surface area contributed by atoms with Crippen molar-refractivity contribution in [1.82, 2.24) is 5.32 Å². The lowest BCUT2D eigenvalue weighted by molar-refractivity contribution is -0.137. The maximum Gasteiger partial charge on any atom is 0.303 e. The van der Waals surface area contributed by atoms with Crippen molar-refractivity contribution < 1.29 is 14.7 Å². The average Bonchev–Trinajstić information content (AvgIpc) is 2.33. The van der Waals surface area contributed by atoms with Gasteiger partial charge >= 0.3 is 5.97 Å². The summed E-state index contributed by atoms with van der Waals surface area (Å²) in [6, 6.07) is 0. The fraction of sp³-hybridized carbons (Fsp3) is 0.857. The molecule has 3 atom stereocenters. The molecule has 1 aliphatic rings. The number of carbonyl (C=O) groups is 2. The van der Waals surface area contributed by atoms with Crippen molar-refractivity contribution in [3.63, 3.8) is 0 Å². The Morgan fingerprint density at radius 3 is 2.79 bits per heavy atom. The molecule has 0 radical (unpaired) electrons. The van der Waals surface area contributed by atoms with Crippen LogP contribution >= 0.6 is 0 Å². The van der Waals surface area contributed by atoms with Crippen LogP contribution in [0.25, 0.3) is 0 Å². The van der Waals surface area contributed by atoms with E-state index in [9.17, 15) is 9.59 Å². The Morgan fingerprint density at radius 2 is 2.21 bits per heavy atom. The second-order valence-corrected chi connectivity index (χ2v) is 6.11. The summed E-state index contributed by atoms with van der Waals surface area (Å²) in [6.07, 6.45) is 4.33. The van der Waals surface area contributed by atoms with E-state index < -0.39 is 11.5 Å². The number of carboxylic acid groups (broad SMARTS) is 1. The van der Waals surface area contributed by atoms with Gasteiger partial charge < -0.3 is 16.2 Å². The van der Waals surface area contributed by atoms with Crippen molar-refractivity contribution in [2.75, 3.05) is 6.54 Å². The highest BCUT2D eigenvalue weighted by molar-refractivity contribution is 5.86. The zero-order chi connectivity index (χ0) is 14.5. The zero-order valence-corrected chi connectivity index (χ0v) is 11.9. The summed E-state index contributed by atoms with van der Waals surface area (Å²) in [5.74, 6) is -0.227. The summed E-state index contributed by atoms with van der Waals surface area (Å²) >= 11 is 0. The van der Waals surface area contributed by atoms with E-state index in [0.29, 0.717) is 18.9 Å². The number of aliphatic carboxylic acids is 1. The van der Waals surface area contributed by atoms with Gasteiger partial charge in [0.05, 0.1) is 5.54 Å². The number of carboxylic acids is 1. The summed E-state index contributed by atoms with van der Waals surface area (Å²) in [5.41, 5.74) is 5.46. The first kappa shape index (κ1) is 16.0. The molecule has 0 spiro atoms. The third-order valence-corrected chi connectivity index (χ3v) is 3.95. The Morgan fingerprint density at radius 1 is 1.53 bits per heavy atom. The van der Waals surface area contributed by atoms with Crippen molar-refractivity contribution in [3.05, 3.63) is 0 Å². The van der Waals surface area contributed by atoms with Gasteiger partial charge in [-0.25, -0.2) is 0 Å². The van der Waals surface area contributed by atoms with E-state index in [-0.39, 0.29) is 18.2 Å². The highest BCUT2D eigenvalue weighted by atomic mass is 16.4. The highest BCUT2D eigenvalue weighted by Crippen LogP contribution is 2.30. The molecule has 0 heterocycles. The second-order valence-electron chi connectivity index (χ2n) is 6.11. The van der Waals surface area contributed by atoms with Gasteiger partial charge in [0.15, 0.2) is 0 Å². The first-order valence-corrected chi connectivity index (χ1v) is 7.12. The van der Waals surface area contributed by atoms with Crippen molar-refractivity contribution in [3.8, 4) is 0 Å². The van der Waals surface area contributed by atoms with Crippen LogP contribution in [0, 0.1) is 11.8 Å². The van der Waals surface area contributed by atoms with Gasteiger partial charge in [0, 0.05) is 13.0 Å². The number of nitrogens with two attached hydrogens (primary N) is 1. The van der Waals surface area contributed by atoms with Crippen LogP contribution < -0.4 is 11.1 Å². The monoisotopic (exact) mass is 270 g/mol. The predicted octanol–water partition coefficient (Wildman–Crippen LogP) is 1.51. The molecule has 1 aliphatic carbocycles. The van der Waals surface area contributed by atoms with Crippen molar-refractivity contribution >= 4 is 11.9 Å². The molecule has 4 N–H and O–H groups in total. The lowest BCUT2D eigenvalue weighted by atomic mass is 9.76. The maximum atomic E-state index is 12.2. The fourth-order valence-corrected chi connectivity index (χ4v) is 2.71. The normalized spacial score (nSPS) is 28.7. The van der Waals surface area contributed by atoms with Crippen molar-refractivity contribution in [2.45, 2.75) is 57.9 Å². The van der Waals surface area contributed by atoms with Crippen LogP contribution in [0.3, 0.4) is 0 Å². The summed E-state index contributed by atoms with van der Waals surface area (Å²) in [6.45, 7) is 4.57. The SMILES string of the molecule is CC(CCC(=O)O)CNC(=O)C1(N)CCCC(C)C1. The lowest BCUT2D eigenvalue weighted by Crippen LogP contribution is -2.56. The Labute approximate surface area is 114 Å². The molecule has 0 aromatic rings. The van der Waals surface area contributed by atoms with Crippen LogP contribution in [0.1, 0.15) is 52.4 Å². The molecule has 0 bridgehead atoms. The highest BCUT2D eigenvalue weighted by Gasteiger charge is 2.37. The average molecular weight is 270 g/mol. The fourth-order valence-electron chi connectivity index (χ4n) is 2.71. The molecular formula is C14H26N2O3. The van der Waals surface area contributed by atoms with E-state index in [4.69, 9.17) is 10.8 Å². The Balaban J connectivity index is 2.35. The van der Waals surface area contributed by atoms with Crippen LogP contribution in [-0.2, 0) is 9.59 Å². The smallest absolute Gasteiger partial charge is 0.303 e. The van der Waals surface area contributed by atoms with Gasteiger partial charge in [0.25, 0.3) is 0 Å². The molecule has 0 saturated heterocycles. The molecule has 0 aromatic carbocycles. The van der Waals surface area contributed by atoms with Crippen LogP contribution in [-0.4, -0.2) is 29.1 Å². The molecule has 1 amide bonds. The summed E-state index contributed by atoms with van der Waals surface area (Å²) < 4.78 is 0. The minimum atomic E-state index is -0.797. The van der Waals surface area contributed by atoms with Crippen LogP contribution in [0.5, 0.6) is 0 Å². The molecule has 1 rings (SSSR count). The van der Waals surface area contributed by atoms with Gasteiger partial charge in [-0.1, -0.05) is 26.7 Å². The quantitative estimate of drug-likeness (QED) is 0.682. The first-order valence-electron chi connectivity index (χ1n) is 7.12.